The Morgan fingerprint density at radius 1 is 1.41 bits per heavy atom. The summed E-state index contributed by atoms with van der Waals surface area (Å²) in [6, 6.07) is 8.57. The van der Waals surface area contributed by atoms with E-state index in [0.29, 0.717) is 6.42 Å². The molecule has 3 heteroatoms. The summed E-state index contributed by atoms with van der Waals surface area (Å²) in [5, 5.41) is 1.78. The molecule has 1 fully saturated rings. The van der Waals surface area contributed by atoms with Crippen LogP contribution in [0, 0.1) is 6.92 Å². The van der Waals surface area contributed by atoms with Gasteiger partial charge in [0.15, 0.2) is 0 Å². The monoisotopic (exact) mass is 232 g/mol. The molecule has 1 aromatic carbocycles. The van der Waals surface area contributed by atoms with E-state index in [1.165, 1.54) is 11.1 Å². The Labute approximate surface area is 103 Å². The Kier molecular flexibility index (Phi) is 4.15. The normalized spacial score (nSPS) is 16.3. The molecule has 2 rings (SSSR count). The highest BCUT2D eigenvalue weighted by Crippen LogP contribution is 2.08. The van der Waals surface area contributed by atoms with E-state index < -0.39 is 0 Å². The maximum absolute atomic E-state index is 11.6. The lowest BCUT2D eigenvalue weighted by Crippen LogP contribution is -2.47. The van der Waals surface area contributed by atoms with Crippen LogP contribution in [0.4, 0.5) is 0 Å². The summed E-state index contributed by atoms with van der Waals surface area (Å²) in [5.41, 5.74) is 5.81. The van der Waals surface area contributed by atoms with Crippen LogP contribution >= 0.6 is 0 Å². The number of rotatable bonds is 4. The number of nitrogens with zero attached hydrogens (tertiary/aromatic N) is 1. The number of hydrogen-bond acceptors (Lipinski definition) is 2. The van der Waals surface area contributed by atoms with Crippen LogP contribution in [0.3, 0.4) is 0 Å². The minimum atomic E-state index is 0.237. The van der Waals surface area contributed by atoms with Gasteiger partial charge in [-0.2, -0.15) is 0 Å². The Hall–Kier alpha value is -1.35. The molecule has 1 heterocycles. The molecule has 0 bridgehead atoms. The SMILES string of the molecule is Cc1cccc(CCCN2NCCCC2=O)c1. The first kappa shape index (κ1) is 12.1. The lowest BCUT2D eigenvalue weighted by Gasteiger charge is -2.27. The second kappa shape index (κ2) is 5.82. The van der Waals surface area contributed by atoms with E-state index in [2.05, 4.69) is 36.6 Å². The van der Waals surface area contributed by atoms with Crippen molar-refractivity contribution in [2.45, 2.75) is 32.6 Å². The summed E-state index contributed by atoms with van der Waals surface area (Å²) < 4.78 is 0. The molecule has 1 aliphatic heterocycles. The van der Waals surface area contributed by atoms with Gasteiger partial charge in [0.2, 0.25) is 5.91 Å². The highest BCUT2D eigenvalue weighted by Gasteiger charge is 2.16. The quantitative estimate of drug-likeness (QED) is 0.861. The molecule has 0 aliphatic carbocycles. The van der Waals surface area contributed by atoms with Gasteiger partial charge in [0.25, 0.3) is 0 Å². The van der Waals surface area contributed by atoms with Gasteiger partial charge in [-0.3, -0.25) is 9.80 Å². The molecule has 0 aromatic heterocycles. The number of carbonyl (C=O) groups excluding carboxylic acids is 1. The molecule has 1 saturated heterocycles. The Balaban J connectivity index is 1.77. The van der Waals surface area contributed by atoms with Crippen molar-refractivity contribution in [3.8, 4) is 0 Å². The van der Waals surface area contributed by atoms with Crippen molar-refractivity contribution < 1.29 is 4.79 Å². The minimum Gasteiger partial charge on any atom is -0.278 e. The molecule has 0 unspecified atom stereocenters. The fourth-order valence-corrected chi connectivity index (χ4v) is 2.19. The molecule has 92 valence electrons. The summed E-state index contributed by atoms with van der Waals surface area (Å²) in [7, 11) is 0. The number of hydrazine groups is 1. The van der Waals surface area contributed by atoms with E-state index in [-0.39, 0.29) is 5.91 Å². The largest absolute Gasteiger partial charge is 0.278 e. The van der Waals surface area contributed by atoms with Crippen LogP contribution in [0.5, 0.6) is 0 Å². The summed E-state index contributed by atoms with van der Waals surface area (Å²) in [6.45, 7) is 3.85. The van der Waals surface area contributed by atoms with Crippen molar-refractivity contribution in [1.29, 1.82) is 0 Å². The Morgan fingerprint density at radius 3 is 3.06 bits per heavy atom. The summed E-state index contributed by atoms with van der Waals surface area (Å²) in [6.07, 6.45) is 3.71. The van der Waals surface area contributed by atoms with E-state index in [9.17, 15) is 4.79 Å². The smallest absolute Gasteiger partial charge is 0.236 e. The topological polar surface area (TPSA) is 32.3 Å². The van der Waals surface area contributed by atoms with E-state index in [4.69, 9.17) is 0 Å². The fourth-order valence-electron chi connectivity index (χ4n) is 2.19. The van der Waals surface area contributed by atoms with Gasteiger partial charge < -0.3 is 0 Å². The lowest BCUT2D eigenvalue weighted by molar-refractivity contribution is -0.136. The molecular formula is C14H20N2O. The van der Waals surface area contributed by atoms with E-state index in [1.807, 2.05) is 0 Å². The summed E-state index contributed by atoms with van der Waals surface area (Å²) in [5.74, 6) is 0.237. The van der Waals surface area contributed by atoms with Gasteiger partial charge in [0, 0.05) is 19.5 Å². The van der Waals surface area contributed by atoms with Gasteiger partial charge in [-0.05, 0) is 31.7 Å². The Bertz CT molecular complexity index is 390. The van der Waals surface area contributed by atoms with Crippen LogP contribution in [0.15, 0.2) is 24.3 Å². The highest BCUT2D eigenvalue weighted by atomic mass is 16.2. The summed E-state index contributed by atoms with van der Waals surface area (Å²) in [4.78, 5) is 11.6. The first-order chi connectivity index (χ1) is 8.25. The molecule has 0 atom stereocenters. The lowest BCUT2D eigenvalue weighted by atomic mass is 10.1. The van der Waals surface area contributed by atoms with Crippen molar-refractivity contribution in [3.63, 3.8) is 0 Å². The van der Waals surface area contributed by atoms with Crippen molar-refractivity contribution in [2.75, 3.05) is 13.1 Å². The number of benzene rings is 1. The molecule has 1 aliphatic rings. The first-order valence-electron chi connectivity index (χ1n) is 6.35. The third-order valence-corrected chi connectivity index (χ3v) is 3.10. The van der Waals surface area contributed by atoms with Gasteiger partial charge in [0.1, 0.15) is 0 Å². The van der Waals surface area contributed by atoms with Crippen molar-refractivity contribution >= 4 is 5.91 Å². The van der Waals surface area contributed by atoms with E-state index in [0.717, 1.165) is 32.4 Å². The van der Waals surface area contributed by atoms with Crippen LogP contribution in [0.1, 0.15) is 30.4 Å². The minimum absolute atomic E-state index is 0.237. The van der Waals surface area contributed by atoms with Gasteiger partial charge in [-0.25, -0.2) is 5.43 Å². The zero-order valence-corrected chi connectivity index (χ0v) is 10.4. The van der Waals surface area contributed by atoms with Crippen LogP contribution in [0.25, 0.3) is 0 Å². The molecule has 17 heavy (non-hydrogen) atoms. The van der Waals surface area contributed by atoms with Crippen molar-refractivity contribution in [3.05, 3.63) is 35.4 Å². The predicted octanol–water partition coefficient (Wildman–Crippen LogP) is 2.05. The fraction of sp³-hybridized carbons (Fsp3) is 0.500. The van der Waals surface area contributed by atoms with E-state index >= 15 is 0 Å². The third-order valence-electron chi connectivity index (χ3n) is 3.10. The van der Waals surface area contributed by atoms with Gasteiger partial charge in [-0.15, -0.1) is 0 Å². The average molecular weight is 232 g/mol. The van der Waals surface area contributed by atoms with Crippen LogP contribution < -0.4 is 5.43 Å². The Morgan fingerprint density at radius 2 is 2.29 bits per heavy atom. The maximum atomic E-state index is 11.6. The van der Waals surface area contributed by atoms with Crippen molar-refractivity contribution in [2.24, 2.45) is 0 Å². The second-order valence-corrected chi connectivity index (χ2v) is 4.65. The molecule has 1 amide bonds. The molecule has 0 spiro atoms. The third kappa shape index (κ3) is 3.56. The standard InChI is InChI=1S/C14H20N2O/c1-12-5-2-6-13(11-12)7-4-10-16-14(17)8-3-9-15-16/h2,5-6,11,15H,3-4,7-10H2,1H3. The van der Waals surface area contributed by atoms with Gasteiger partial charge >= 0.3 is 0 Å². The number of hydrogen-bond donors (Lipinski definition) is 1. The first-order valence-corrected chi connectivity index (χ1v) is 6.35. The molecule has 1 N–H and O–H groups in total. The molecule has 0 radical (unpaired) electrons. The zero-order chi connectivity index (χ0) is 12.1. The summed E-state index contributed by atoms with van der Waals surface area (Å²) >= 11 is 0. The molecular weight excluding hydrogens is 212 g/mol. The molecule has 0 saturated carbocycles. The number of carbonyl (C=O) groups is 1. The molecule has 1 aromatic rings. The van der Waals surface area contributed by atoms with Crippen LogP contribution in [-0.4, -0.2) is 24.0 Å². The number of nitrogens with one attached hydrogen (secondary N) is 1. The van der Waals surface area contributed by atoms with E-state index in [1.54, 1.807) is 5.01 Å². The number of amides is 1. The number of aryl methyl sites for hydroxylation is 2. The molecule has 3 nitrogen and oxygen atoms in total. The second-order valence-electron chi connectivity index (χ2n) is 4.65. The predicted molar refractivity (Wildman–Crippen MR) is 68.4 cm³/mol. The van der Waals surface area contributed by atoms with Crippen molar-refractivity contribution in [1.82, 2.24) is 10.4 Å². The average Bonchev–Trinajstić information content (AvgIpc) is 2.32. The van der Waals surface area contributed by atoms with Gasteiger partial charge in [-0.1, -0.05) is 29.8 Å². The van der Waals surface area contributed by atoms with Crippen LogP contribution in [-0.2, 0) is 11.2 Å². The maximum Gasteiger partial charge on any atom is 0.236 e. The van der Waals surface area contributed by atoms with Gasteiger partial charge in [0.05, 0.1) is 0 Å². The highest BCUT2D eigenvalue weighted by molar-refractivity contribution is 5.76. The zero-order valence-electron chi connectivity index (χ0n) is 10.4. The van der Waals surface area contributed by atoms with Crippen LogP contribution in [0.2, 0.25) is 0 Å².